The maximum absolute atomic E-state index is 13.1. The summed E-state index contributed by atoms with van der Waals surface area (Å²) < 4.78 is 40.4. The zero-order chi connectivity index (χ0) is 20.7. The summed E-state index contributed by atoms with van der Waals surface area (Å²) in [5, 5.41) is 12.5. The summed E-state index contributed by atoms with van der Waals surface area (Å²) in [5.41, 5.74) is -0.871. The molecule has 1 aromatic heterocycles. The molecule has 8 nitrogen and oxygen atoms in total. The van der Waals surface area contributed by atoms with Crippen LogP contribution in [0.15, 0.2) is 11.2 Å². The topological polar surface area (TPSA) is 86.6 Å². The molecule has 1 fully saturated rings. The summed E-state index contributed by atoms with van der Waals surface area (Å²) in [5.74, 6) is 0.461. The highest BCUT2D eigenvalue weighted by Crippen LogP contribution is 2.30. The minimum Gasteiger partial charge on any atom is -0.358 e. The van der Waals surface area contributed by atoms with E-state index in [9.17, 15) is 18.0 Å². The Hall–Kier alpha value is -1.57. The van der Waals surface area contributed by atoms with Gasteiger partial charge in [0, 0.05) is 51.5 Å². The molecular weight excluding hydrogens is 502 g/mol. The molecule has 0 aliphatic carbocycles. The molecule has 1 amide bonds. The first-order valence-electron chi connectivity index (χ1n) is 9.30. The summed E-state index contributed by atoms with van der Waals surface area (Å²) in [7, 11) is 3.07. The predicted octanol–water partition coefficient (Wildman–Crippen LogP) is 1.32. The number of amides is 1. The van der Waals surface area contributed by atoms with E-state index in [0.717, 1.165) is 30.6 Å². The average molecular weight is 531 g/mol. The van der Waals surface area contributed by atoms with E-state index in [1.807, 2.05) is 6.92 Å². The molecule has 0 bridgehead atoms. The molecule has 0 spiro atoms. The molecule has 0 saturated carbocycles. The lowest BCUT2D eigenvalue weighted by molar-refractivity contribution is -0.142. The molecule has 12 heteroatoms. The van der Waals surface area contributed by atoms with E-state index in [1.165, 1.54) is 13.2 Å². The van der Waals surface area contributed by atoms with Gasteiger partial charge >= 0.3 is 6.18 Å². The van der Waals surface area contributed by atoms with Crippen LogP contribution in [0.3, 0.4) is 0 Å². The van der Waals surface area contributed by atoms with Crippen LogP contribution in [0.1, 0.15) is 31.0 Å². The van der Waals surface area contributed by atoms with Crippen LogP contribution in [0.25, 0.3) is 0 Å². The van der Waals surface area contributed by atoms with Crippen molar-refractivity contribution in [2.75, 3.05) is 33.2 Å². The minimum absolute atomic E-state index is 0. The number of guanidine groups is 1. The van der Waals surface area contributed by atoms with Crippen molar-refractivity contribution in [3.63, 3.8) is 0 Å². The fraction of sp³-hybridized carbons (Fsp3) is 0.706. The third-order valence-corrected chi connectivity index (χ3v) is 4.50. The number of hydrogen-bond donors (Lipinski definition) is 3. The quantitative estimate of drug-likeness (QED) is 0.293. The maximum atomic E-state index is 13.1. The highest BCUT2D eigenvalue weighted by molar-refractivity contribution is 14.0. The molecule has 166 valence electrons. The van der Waals surface area contributed by atoms with Crippen LogP contribution in [-0.4, -0.2) is 65.8 Å². The van der Waals surface area contributed by atoms with Gasteiger partial charge in [0.15, 0.2) is 11.7 Å². The number of aromatic nitrogens is 2. The normalized spacial score (nSPS) is 16.3. The Kier molecular flexibility index (Phi) is 10.2. The Labute approximate surface area is 185 Å². The minimum atomic E-state index is -4.50. The maximum Gasteiger partial charge on any atom is 0.435 e. The number of halogens is 4. The van der Waals surface area contributed by atoms with E-state index in [-0.39, 0.29) is 48.0 Å². The van der Waals surface area contributed by atoms with Gasteiger partial charge in [-0.25, -0.2) is 4.99 Å². The molecule has 3 N–H and O–H groups in total. The van der Waals surface area contributed by atoms with Crippen molar-refractivity contribution in [1.82, 2.24) is 30.6 Å². The van der Waals surface area contributed by atoms with Gasteiger partial charge in [0.25, 0.3) is 0 Å². The fourth-order valence-corrected chi connectivity index (χ4v) is 3.09. The first kappa shape index (κ1) is 25.5. The number of rotatable bonds is 6. The third-order valence-electron chi connectivity index (χ3n) is 4.50. The molecule has 29 heavy (non-hydrogen) atoms. The Morgan fingerprint density at radius 2 is 2.00 bits per heavy atom. The molecule has 0 atom stereocenters. The van der Waals surface area contributed by atoms with E-state index >= 15 is 0 Å². The molecule has 1 aliphatic rings. The molecule has 1 saturated heterocycles. The van der Waals surface area contributed by atoms with Crippen LogP contribution in [0.2, 0.25) is 0 Å². The van der Waals surface area contributed by atoms with E-state index in [4.69, 9.17) is 0 Å². The monoisotopic (exact) mass is 531 g/mol. The number of carbonyl (C=O) groups is 1. The predicted molar refractivity (Wildman–Crippen MR) is 115 cm³/mol. The van der Waals surface area contributed by atoms with Crippen molar-refractivity contribution in [3.8, 4) is 0 Å². The van der Waals surface area contributed by atoms with Gasteiger partial charge in [-0.15, -0.1) is 24.0 Å². The van der Waals surface area contributed by atoms with Crippen LogP contribution >= 0.6 is 24.0 Å². The molecule has 2 heterocycles. The standard InChI is InChI=1S/C17H28F3N7O.HI/c1-4-22-16(23-9-12-10-26(3)25-15(12)17(18,19)20)24-13-5-7-27(8-6-13)11-14(28)21-2;/h10,13H,4-9,11H2,1-3H3,(H,21,28)(H2,22,23,24);1H. The molecule has 0 aromatic carbocycles. The summed E-state index contributed by atoms with van der Waals surface area (Å²) in [6.45, 7) is 4.29. The molecule has 1 aromatic rings. The van der Waals surface area contributed by atoms with E-state index < -0.39 is 11.9 Å². The van der Waals surface area contributed by atoms with Crippen molar-refractivity contribution in [2.45, 2.75) is 38.5 Å². The molecule has 1 aliphatic heterocycles. The first-order valence-corrected chi connectivity index (χ1v) is 9.30. The fourth-order valence-electron chi connectivity index (χ4n) is 3.09. The highest BCUT2D eigenvalue weighted by Gasteiger charge is 2.36. The van der Waals surface area contributed by atoms with Gasteiger partial charge in [0.05, 0.1) is 13.1 Å². The van der Waals surface area contributed by atoms with Crippen LogP contribution in [0.5, 0.6) is 0 Å². The lowest BCUT2D eigenvalue weighted by Crippen LogP contribution is -2.50. The van der Waals surface area contributed by atoms with Crippen LogP contribution in [0, 0.1) is 0 Å². The Bertz CT molecular complexity index is 685. The molecule has 0 radical (unpaired) electrons. The van der Waals surface area contributed by atoms with Crippen LogP contribution in [0.4, 0.5) is 13.2 Å². The number of aryl methyl sites for hydroxylation is 1. The molecule has 2 rings (SSSR count). The smallest absolute Gasteiger partial charge is 0.358 e. The van der Waals surface area contributed by atoms with Gasteiger partial charge < -0.3 is 16.0 Å². The van der Waals surface area contributed by atoms with Gasteiger partial charge in [-0.1, -0.05) is 0 Å². The number of piperidine rings is 1. The summed E-state index contributed by atoms with van der Waals surface area (Å²) in [6, 6.07) is 0.148. The summed E-state index contributed by atoms with van der Waals surface area (Å²) in [4.78, 5) is 17.8. The van der Waals surface area contributed by atoms with Crippen molar-refractivity contribution < 1.29 is 18.0 Å². The van der Waals surface area contributed by atoms with E-state index in [0.29, 0.717) is 19.0 Å². The van der Waals surface area contributed by atoms with Gasteiger partial charge in [0.2, 0.25) is 5.91 Å². The zero-order valence-corrected chi connectivity index (χ0v) is 19.2. The zero-order valence-electron chi connectivity index (χ0n) is 16.8. The number of carbonyl (C=O) groups excluding carboxylic acids is 1. The van der Waals surface area contributed by atoms with E-state index in [2.05, 4.69) is 30.9 Å². The van der Waals surface area contributed by atoms with E-state index in [1.54, 1.807) is 7.05 Å². The van der Waals surface area contributed by atoms with Crippen LogP contribution < -0.4 is 16.0 Å². The summed E-state index contributed by atoms with van der Waals surface area (Å²) in [6.07, 6.45) is -1.52. The highest BCUT2D eigenvalue weighted by atomic mass is 127. The second-order valence-electron chi connectivity index (χ2n) is 6.74. The van der Waals surface area contributed by atoms with Crippen molar-refractivity contribution in [1.29, 1.82) is 0 Å². The Morgan fingerprint density at radius 1 is 1.34 bits per heavy atom. The van der Waals surface area contributed by atoms with Gasteiger partial charge in [-0.3, -0.25) is 14.4 Å². The lowest BCUT2D eigenvalue weighted by Gasteiger charge is -2.32. The van der Waals surface area contributed by atoms with Crippen LogP contribution in [-0.2, 0) is 24.6 Å². The average Bonchev–Trinajstić information content (AvgIpc) is 3.02. The molecule has 0 unspecified atom stereocenters. The number of hydrogen-bond acceptors (Lipinski definition) is 4. The Morgan fingerprint density at radius 3 is 2.55 bits per heavy atom. The molecular formula is C17H29F3IN7O. The number of alkyl halides is 3. The third kappa shape index (κ3) is 7.99. The SMILES string of the molecule is CCNC(=NCc1cn(C)nc1C(F)(F)F)NC1CCN(CC(=O)NC)CC1.I. The second kappa shape index (κ2) is 11.6. The first-order chi connectivity index (χ1) is 13.2. The van der Waals surface area contributed by atoms with Crippen molar-refractivity contribution in [2.24, 2.45) is 12.0 Å². The number of nitrogens with one attached hydrogen (secondary N) is 3. The van der Waals surface area contributed by atoms with Crippen molar-refractivity contribution >= 4 is 35.8 Å². The number of nitrogens with zero attached hydrogens (tertiary/aromatic N) is 4. The Balaban J connectivity index is 0.00000420. The summed E-state index contributed by atoms with van der Waals surface area (Å²) >= 11 is 0. The van der Waals surface area contributed by atoms with Crippen molar-refractivity contribution in [3.05, 3.63) is 17.5 Å². The largest absolute Gasteiger partial charge is 0.435 e. The number of aliphatic imine (C=N–C) groups is 1. The second-order valence-corrected chi connectivity index (χ2v) is 6.74. The number of likely N-dealkylation sites (N-methyl/N-ethyl adjacent to an activating group) is 1. The lowest BCUT2D eigenvalue weighted by atomic mass is 10.1. The van der Waals surface area contributed by atoms with Gasteiger partial charge in [0.1, 0.15) is 0 Å². The number of likely N-dealkylation sites (tertiary alicyclic amines) is 1. The van der Waals surface area contributed by atoms with Gasteiger partial charge in [-0.05, 0) is 19.8 Å². The van der Waals surface area contributed by atoms with Gasteiger partial charge in [-0.2, -0.15) is 18.3 Å².